The summed E-state index contributed by atoms with van der Waals surface area (Å²) in [4.78, 5) is 1.35. The molecule has 0 bridgehead atoms. The second kappa shape index (κ2) is 5.85. The highest BCUT2D eigenvalue weighted by molar-refractivity contribution is 7.98. The van der Waals surface area contributed by atoms with Gasteiger partial charge in [0.25, 0.3) is 0 Å². The topological polar surface area (TPSA) is 53.1 Å². The normalized spacial score (nSPS) is 10.6. The molecule has 0 saturated heterocycles. The minimum atomic E-state index is 0.337. The standard InChI is InChI=1S/C14H17N3OS2/c1-8-13(9(2)17(3)16-8)18-10-6-5-7-11(20-4)12(10)14(15)19/h5-7H,1-4H3,(H2,15,19). The van der Waals surface area contributed by atoms with Gasteiger partial charge in [-0.3, -0.25) is 4.68 Å². The van der Waals surface area contributed by atoms with Crippen molar-refractivity contribution >= 4 is 29.0 Å². The van der Waals surface area contributed by atoms with Gasteiger partial charge in [0.2, 0.25) is 0 Å². The van der Waals surface area contributed by atoms with Crippen LogP contribution in [0.1, 0.15) is 17.0 Å². The number of hydrogen-bond donors (Lipinski definition) is 1. The molecule has 0 fully saturated rings. The van der Waals surface area contributed by atoms with Crippen LogP contribution in [0, 0.1) is 13.8 Å². The van der Waals surface area contributed by atoms with Crippen molar-refractivity contribution in [1.29, 1.82) is 0 Å². The SMILES string of the molecule is CSc1cccc(Oc2c(C)nn(C)c2C)c1C(N)=S. The van der Waals surface area contributed by atoms with Gasteiger partial charge in [-0.2, -0.15) is 5.10 Å². The maximum Gasteiger partial charge on any atom is 0.171 e. The summed E-state index contributed by atoms with van der Waals surface area (Å²) < 4.78 is 7.83. The van der Waals surface area contributed by atoms with E-state index >= 15 is 0 Å². The molecular formula is C14H17N3OS2. The third-order valence-electron chi connectivity index (χ3n) is 3.11. The van der Waals surface area contributed by atoms with Gasteiger partial charge in [0.15, 0.2) is 5.75 Å². The molecule has 4 nitrogen and oxygen atoms in total. The molecule has 0 aliphatic rings. The maximum atomic E-state index is 6.03. The number of ether oxygens (including phenoxy) is 1. The molecule has 2 aromatic rings. The van der Waals surface area contributed by atoms with Crippen LogP contribution >= 0.6 is 24.0 Å². The van der Waals surface area contributed by atoms with Crippen LogP contribution in [-0.4, -0.2) is 21.0 Å². The Hall–Kier alpha value is -1.53. The zero-order valence-corrected chi connectivity index (χ0v) is 13.6. The molecule has 0 saturated carbocycles. The number of thiocarbonyl (C=S) groups is 1. The Labute approximate surface area is 128 Å². The van der Waals surface area contributed by atoms with E-state index in [0.717, 1.165) is 27.6 Å². The van der Waals surface area contributed by atoms with Crippen molar-refractivity contribution in [3.05, 3.63) is 35.2 Å². The van der Waals surface area contributed by atoms with Crippen LogP contribution in [-0.2, 0) is 7.05 Å². The minimum Gasteiger partial charge on any atom is -0.453 e. The van der Waals surface area contributed by atoms with E-state index in [1.807, 2.05) is 45.4 Å². The van der Waals surface area contributed by atoms with Crippen molar-refractivity contribution in [3.8, 4) is 11.5 Å². The third-order valence-corrected chi connectivity index (χ3v) is 4.09. The first-order chi connectivity index (χ1) is 9.45. The Morgan fingerprint density at radius 2 is 2.10 bits per heavy atom. The molecular weight excluding hydrogens is 290 g/mol. The number of aryl methyl sites for hydroxylation is 2. The molecule has 1 aromatic carbocycles. The molecule has 0 radical (unpaired) electrons. The average Bonchev–Trinajstić information content (AvgIpc) is 2.64. The Kier molecular flexibility index (Phi) is 4.35. The zero-order chi connectivity index (χ0) is 14.9. The molecule has 1 aromatic heterocycles. The van der Waals surface area contributed by atoms with Gasteiger partial charge in [-0.1, -0.05) is 18.3 Å². The van der Waals surface area contributed by atoms with Gasteiger partial charge in [-0.25, -0.2) is 0 Å². The second-order valence-electron chi connectivity index (χ2n) is 4.42. The molecule has 6 heteroatoms. The van der Waals surface area contributed by atoms with E-state index in [4.69, 9.17) is 22.7 Å². The summed E-state index contributed by atoms with van der Waals surface area (Å²) >= 11 is 6.75. The van der Waals surface area contributed by atoms with E-state index in [9.17, 15) is 0 Å². The summed E-state index contributed by atoms with van der Waals surface area (Å²) in [5.74, 6) is 1.42. The van der Waals surface area contributed by atoms with Gasteiger partial charge >= 0.3 is 0 Å². The summed E-state index contributed by atoms with van der Waals surface area (Å²) in [6.07, 6.45) is 1.99. The first kappa shape index (κ1) is 14.9. The maximum absolute atomic E-state index is 6.03. The molecule has 0 amide bonds. The van der Waals surface area contributed by atoms with Crippen molar-refractivity contribution in [2.24, 2.45) is 12.8 Å². The fourth-order valence-electron chi connectivity index (χ4n) is 2.02. The van der Waals surface area contributed by atoms with E-state index in [2.05, 4.69) is 5.10 Å². The molecule has 2 rings (SSSR count). The first-order valence-corrected chi connectivity index (χ1v) is 7.73. The predicted molar refractivity (Wildman–Crippen MR) is 86.9 cm³/mol. The number of thioether (sulfide) groups is 1. The fraction of sp³-hybridized carbons (Fsp3) is 0.286. The Balaban J connectivity index is 2.51. The van der Waals surface area contributed by atoms with E-state index < -0.39 is 0 Å². The summed E-state index contributed by atoms with van der Waals surface area (Å²) in [6, 6.07) is 5.79. The monoisotopic (exact) mass is 307 g/mol. The lowest BCUT2D eigenvalue weighted by Crippen LogP contribution is -2.12. The van der Waals surface area contributed by atoms with E-state index in [1.165, 1.54) is 0 Å². The van der Waals surface area contributed by atoms with Crippen molar-refractivity contribution in [3.63, 3.8) is 0 Å². The number of hydrogen-bond acceptors (Lipinski definition) is 4. The largest absolute Gasteiger partial charge is 0.453 e. The highest BCUT2D eigenvalue weighted by atomic mass is 32.2. The van der Waals surface area contributed by atoms with Crippen molar-refractivity contribution in [2.45, 2.75) is 18.7 Å². The predicted octanol–water partition coefficient (Wildman–Crippen LogP) is 3.19. The second-order valence-corrected chi connectivity index (χ2v) is 5.71. The smallest absolute Gasteiger partial charge is 0.171 e. The molecule has 1 heterocycles. The van der Waals surface area contributed by atoms with Gasteiger partial charge in [-0.15, -0.1) is 11.8 Å². The Bertz CT molecular complexity index is 665. The van der Waals surface area contributed by atoms with Crippen LogP contribution in [0.3, 0.4) is 0 Å². The Morgan fingerprint density at radius 3 is 2.60 bits per heavy atom. The minimum absolute atomic E-state index is 0.337. The summed E-state index contributed by atoms with van der Waals surface area (Å²) in [5.41, 5.74) is 8.42. The summed E-state index contributed by atoms with van der Waals surface area (Å²) in [7, 11) is 1.89. The third kappa shape index (κ3) is 2.66. The lowest BCUT2D eigenvalue weighted by molar-refractivity contribution is 0.472. The quantitative estimate of drug-likeness (QED) is 0.694. The molecule has 20 heavy (non-hydrogen) atoms. The molecule has 0 spiro atoms. The highest BCUT2D eigenvalue weighted by Gasteiger charge is 2.17. The van der Waals surface area contributed by atoms with E-state index in [0.29, 0.717) is 10.7 Å². The van der Waals surface area contributed by atoms with Crippen molar-refractivity contribution in [1.82, 2.24) is 9.78 Å². The molecule has 2 N–H and O–H groups in total. The van der Waals surface area contributed by atoms with Crippen LogP contribution in [0.5, 0.6) is 11.5 Å². The summed E-state index contributed by atoms with van der Waals surface area (Å²) in [5, 5.41) is 4.35. The van der Waals surface area contributed by atoms with Crippen LogP contribution in [0.4, 0.5) is 0 Å². The first-order valence-electron chi connectivity index (χ1n) is 6.10. The number of nitrogens with zero attached hydrogens (tertiary/aromatic N) is 2. The number of rotatable bonds is 4. The van der Waals surface area contributed by atoms with Gasteiger partial charge in [0.1, 0.15) is 16.4 Å². The lowest BCUT2D eigenvalue weighted by atomic mass is 10.2. The van der Waals surface area contributed by atoms with Crippen LogP contribution in [0.25, 0.3) is 0 Å². The number of aromatic nitrogens is 2. The lowest BCUT2D eigenvalue weighted by Gasteiger charge is -2.13. The van der Waals surface area contributed by atoms with Crippen LogP contribution in [0.15, 0.2) is 23.1 Å². The molecule has 0 unspecified atom stereocenters. The zero-order valence-electron chi connectivity index (χ0n) is 11.9. The van der Waals surface area contributed by atoms with Crippen molar-refractivity contribution in [2.75, 3.05) is 6.26 Å². The molecule has 0 aliphatic carbocycles. The van der Waals surface area contributed by atoms with Crippen LogP contribution in [0.2, 0.25) is 0 Å². The van der Waals surface area contributed by atoms with Gasteiger partial charge < -0.3 is 10.5 Å². The summed E-state index contributed by atoms with van der Waals surface area (Å²) in [6.45, 7) is 3.88. The van der Waals surface area contributed by atoms with E-state index in [-0.39, 0.29) is 0 Å². The van der Waals surface area contributed by atoms with E-state index in [1.54, 1.807) is 16.4 Å². The number of nitrogens with two attached hydrogens (primary N) is 1. The van der Waals surface area contributed by atoms with Gasteiger partial charge in [0, 0.05) is 11.9 Å². The average molecular weight is 307 g/mol. The Morgan fingerprint density at radius 1 is 1.40 bits per heavy atom. The fourth-order valence-corrected chi connectivity index (χ4v) is 2.93. The molecule has 0 atom stereocenters. The van der Waals surface area contributed by atoms with Crippen LogP contribution < -0.4 is 10.5 Å². The molecule has 106 valence electrons. The molecule has 0 aliphatic heterocycles. The van der Waals surface area contributed by atoms with Gasteiger partial charge in [-0.05, 0) is 32.2 Å². The van der Waals surface area contributed by atoms with Gasteiger partial charge in [0.05, 0.1) is 11.3 Å². The number of benzene rings is 1. The highest BCUT2D eigenvalue weighted by Crippen LogP contribution is 2.34. The van der Waals surface area contributed by atoms with Crippen molar-refractivity contribution < 1.29 is 4.74 Å².